The Bertz CT molecular complexity index is 1120. The summed E-state index contributed by atoms with van der Waals surface area (Å²) in [7, 11) is 0. The molecule has 0 saturated carbocycles. The Labute approximate surface area is 186 Å². The fourth-order valence-corrected chi connectivity index (χ4v) is 3.73. The first-order valence-corrected chi connectivity index (χ1v) is 10.7. The molecule has 0 aliphatic heterocycles. The van der Waals surface area contributed by atoms with Crippen molar-refractivity contribution in [2.24, 2.45) is 0 Å². The number of aromatic nitrogens is 2. The molecular formula is C24H26N4O4. The smallest absolute Gasteiger partial charge is 0.290 e. The van der Waals surface area contributed by atoms with E-state index in [0.29, 0.717) is 23.8 Å². The van der Waals surface area contributed by atoms with E-state index in [4.69, 9.17) is 9.47 Å². The van der Waals surface area contributed by atoms with Crippen LogP contribution in [0.5, 0.6) is 11.5 Å². The molecule has 8 heteroatoms. The minimum atomic E-state index is -0.487. The summed E-state index contributed by atoms with van der Waals surface area (Å²) in [5.41, 5.74) is 9.23. The van der Waals surface area contributed by atoms with Crippen molar-refractivity contribution in [3.05, 3.63) is 71.0 Å². The lowest BCUT2D eigenvalue weighted by Gasteiger charge is -2.12. The van der Waals surface area contributed by atoms with Gasteiger partial charge in [-0.2, -0.15) is 5.10 Å². The van der Waals surface area contributed by atoms with Crippen LogP contribution in [0.25, 0.3) is 5.69 Å². The highest BCUT2D eigenvalue weighted by Gasteiger charge is 2.27. The molecule has 0 bridgehead atoms. The summed E-state index contributed by atoms with van der Waals surface area (Å²) in [5.74, 6) is 0.0888. The van der Waals surface area contributed by atoms with Crippen molar-refractivity contribution in [1.82, 2.24) is 20.6 Å². The number of rotatable bonds is 7. The summed E-state index contributed by atoms with van der Waals surface area (Å²) in [6, 6.07) is 15.1. The molecule has 0 radical (unpaired) electrons. The van der Waals surface area contributed by atoms with E-state index in [1.807, 2.05) is 48.9 Å². The second-order valence-electron chi connectivity index (χ2n) is 7.55. The van der Waals surface area contributed by atoms with E-state index in [1.54, 1.807) is 18.2 Å². The molecule has 3 aromatic rings. The number of fused-ring (bicyclic) bond motifs is 1. The van der Waals surface area contributed by atoms with Crippen molar-refractivity contribution in [2.45, 2.75) is 33.1 Å². The van der Waals surface area contributed by atoms with Gasteiger partial charge in [0.25, 0.3) is 11.8 Å². The van der Waals surface area contributed by atoms with Crippen LogP contribution in [0.1, 0.15) is 40.7 Å². The lowest BCUT2D eigenvalue weighted by Crippen LogP contribution is -2.44. The number of hydrazine groups is 1. The topological polar surface area (TPSA) is 94.5 Å². The number of nitrogens with one attached hydrogen (secondary N) is 2. The molecule has 1 heterocycles. The summed E-state index contributed by atoms with van der Waals surface area (Å²) >= 11 is 0. The van der Waals surface area contributed by atoms with Gasteiger partial charge in [-0.25, -0.2) is 4.68 Å². The Hall–Kier alpha value is -3.81. The van der Waals surface area contributed by atoms with Gasteiger partial charge in [-0.1, -0.05) is 29.8 Å². The summed E-state index contributed by atoms with van der Waals surface area (Å²) in [5, 5.41) is 4.54. The minimum absolute atomic E-state index is 0.264. The van der Waals surface area contributed by atoms with Crippen LogP contribution in [-0.4, -0.2) is 34.8 Å². The van der Waals surface area contributed by atoms with E-state index in [1.165, 1.54) is 0 Å². The van der Waals surface area contributed by atoms with Crippen LogP contribution in [0.2, 0.25) is 0 Å². The summed E-state index contributed by atoms with van der Waals surface area (Å²) in [4.78, 5) is 25.0. The number of hydrogen-bond acceptors (Lipinski definition) is 5. The highest BCUT2D eigenvalue weighted by Crippen LogP contribution is 2.28. The number of aryl methyl sites for hydroxylation is 1. The SMILES string of the molecule is CCOc1ccccc1OCC(=O)NNC(=O)c1nn(-c2ccc(C)cc2)c2c1CCC2. The number of amides is 2. The van der Waals surface area contributed by atoms with E-state index in [0.717, 1.165) is 41.8 Å². The monoisotopic (exact) mass is 434 g/mol. The van der Waals surface area contributed by atoms with Crippen molar-refractivity contribution < 1.29 is 19.1 Å². The van der Waals surface area contributed by atoms with Crippen molar-refractivity contribution >= 4 is 11.8 Å². The van der Waals surface area contributed by atoms with Crippen LogP contribution in [0.3, 0.4) is 0 Å². The first kappa shape index (κ1) is 21.4. The second kappa shape index (κ2) is 9.55. The lowest BCUT2D eigenvalue weighted by atomic mass is 10.2. The predicted molar refractivity (Wildman–Crippen MR) is 119 cm³/mol. The van der Waals surface area contributed by atoms with E-state index >= 15 is 0 Å². The fourth-order valence-electron chi connectivity index (χ4n) is 3.73. The molecular weight excluding hydrogens is 408 g/mol. The maximum Gasteiger partial charge on any atom is 0.290 e. The summed E-state index contributed by atoms with van der Waals surface area (Å²) < 4.78 is 12.8. The Kier molecular flexibility index (Phi) is 6.39. The Morgan fingerprint density at radius 1 is 1.00 bits per heavy atom. The number of hydrogen-bond donors (Lipinski definition) is 2. The predicted octanol–water partition coefficient (Wildman–Crippen LogP) is 2.91. The van der Waals surface area contributed by atoms with E-state index in [-0.39, 0.29) is 6.61 Å². The summed E-state index contributed by atoms with van der Waals surface area (Å²) in [6.07, 6.45) is 2.62. The summed E-state index contributed by atoms with van der Waals surface area (Å²) in [6.45, 7) is 4.12. The van der Waals surface area contributed by atoms with Crippen LogP contribution in [0, 0.1) is 6.92 Å². The molecule has 2 amide bonds. The van der Waals surface area contributed by atoms with Crippen LogP contribution < -0.4 is 20.3 Å². The van der Waals surface area contributed by atoms with Gasteiger partial charge in [0.15, 0.2) is 23.8 Å². The van der Waals surface area contributed by atoms with Gasteiger partial charge in [0.1, 0.15) is 0 Å². The van der Waals surface area contributed by atoms with Crippen molar-refractivity contribution in [2.75, 3.05) is 13.2 Å². The largest absolute Gasteiger partial charge is 0.490 e. The second-order valence-corrected chi connectivity index (χ2v) is 7.55. The van der Waals surface area contributed by atoms with Gasteiger partial charge in [0, 0.05) is 11.3 Å². The number of carbonyl (C=O) groups is 2. The highest BCUT2D eigenvalue weighted by atomic mass is 16.5. The molecule has 1 aromatic heterocycles. The average molecular weight is 434 g/mol. The van der Waals surface area contributed by atoms with E-state index < -0.39 is 11.8 Å². The number of ether oxygens (including phenoxy) is 2. The molecule has 4 rings (SSSR count). The molecule has 166 valence electrons. The first-order chi connectivity index (χ1) is 15.6. The van der Waals surface area contributed by atoms with Gasteiger partial charge in [-0.05, 0) is 57.4 Å². The molecule has 32 heavy (non-hydrogen) atoms. The van der Waals surface area contributed by atoms with Gasteiger partial charge >= 0.3 is 0 Å². The Morgan fingerprint density at radius 3 is 2.44 bits per heavy atom. The number of carbonyl (C=O) groups excluding carboxylic acids is 2. The average Bonchev–Trinajstić information content (AvgIpc) is 3.41. The van der Waals surface area contributed by atoms with Gasteiger partial charge in [-0.3, -0.25) is 20.4 Å². The number of para-hydroxylation sites is 2. The molecule has 0 saturated heterocycles. The quantitative estimate of drug-likeness (QED) is 0.558. The first-order valence-electron chi connectivity index (χ1n) is 10.7. The van der Waals surface area contributed by atoms with Gasteiger partial charge in [0.05, 0.1) is 12.3 Å². The van der Waals surface area contributed by atoms with Crippen molar-refractivity contribution in [3.8, 4) is 17.2 Å². The van der Waals surface area contributed by atoms with Crippen LogP contribution in [-0.2, 0) is 17.6 Å². The third-order valence-electron chi connectivity index (χ3n) is 5.25. The number of nitrogens with zero attached hydrogens (tertiary/aromatic N) is 2. The van der Waals surface area contributed by atoms with Gasteiger partial charge < -0.3 is 9.47 Å². The van der Waals surface area contributed by atoms with Gasteiger partial charge in [0.2, 0.25) is 0 Å². The van der Waals surface area contributed by atoms with Crippen molar-refractivity contribution in [3.63, 3.8) is 0 Å². The molecule has 2 aromatic carbocycles. The number of benzene rings is 2. The Morgan fingerprint density at radius 2 is 1.72 bits per heavy atom. The zero-order valence-electron chi connectivity index (χ0n) is 18.2. The molecule has 2 N–H and O–H groups in total. The van der Waals surface area contributed by atoms with Gasteiger partial charge in [-0.15, -0.1) is 0 Å². The molecule has 0 unspecified atom stereocenters. The molecule has 0 atom stereocenters. The maximum absolute atomic E-state index is 12.8. The molecule has 0 spiro atoms. The van der Waals surface area contributed by atoms with Crippen LogP contribution in [0.4, 0.5) is 0 Å². The molecule has 1 aliphatic rings. The molecule has 8 nitrogen and oxygen atoms in total. The maximum atomic E-state index is 12.8. The Balaban J connectivity index is 1.39. The standard InChI is InChI=1S/C24H26N4O4/c1-3-31-20-9-4-5-10-21(20)32-15-22(29)25-26-24(30)23-18-7-6-8-19(18)28(27-23)17-13-11-16(2)12-14-17/h4-5,9-14H,3,6-8,15H2,1-2H3,(H,25,29)(H,26,30). The highest BCUT2D eigenvalue weighted by molar-refractivity contribution is 5.95. The van der Waals surface area contributed by atoms with Crippen molar-refractivity contribution in [1.29, 1.82) is 0 Å². The van der Waals surface area contributed by atoms with Crippen LogP contribution in [0.15, 0.2) is 48.5 Å². The zero-order chi connectivity index (χ0) is 22.5. The fraction of sp³-hybridized carbons (Fsp3) is 0.292. The lowest BCUT2D eigenvalue weighted by molar-refractivity contribution is -0.123. The minimum Gasteiger partial charge on any atom is -0.490 e. The third-order valence-corrected chi connectivity index (χ3v) is 5.25. The third kappa shape index (κ3) is 4.59. The normalized spacial score (nSPS) is 12.2. The van der Waals surface area contributed by atoms with E-state index in [9.17, 15) is 9.59 Å². The molecule has 1 aliphatic carbocycles. The molecule has 0 fully saturated rings. The van der Waals surface area contributed by atoms with Crippen LogP contribution >= 0.6 is 0 Å². The van der Waals surface area contributed by atoms with E-state index in [2.05, 4.69) is 16.0 Å². The zero-order valence-corrected chi connectivity index (χ0v) is 18.2.